The summed E-state index contributed by atoms with van der Waals surface area (Å²) in [5, 5.41) is 4.40. The van der Waals surface area contributed by atoms with Gasteiger partial charge in [0.1, 0.15) is 5.75 Å². The van der Waals surface area contributed by atoms with Gasteiger partial charge in [-0.05, 0) is 60.7 Å². The van der Waals surface area contributed by atoms with E-state index in [4.69, 9.17) is 4.74 Å². The smallest absolute Gasteiger partial charge is 0.291 e. The summed E-state index contributed by atoms with van der Waals surface area (Å²) < 4.78 is 7.60. The van der Waals surface area contributed by atoms with Gasteiger partial charge >= 0.3 is 0 Å². The highest BCUT2D eigenvalue weighted by molar-refractivity contribution is 7.98. The molecule has 0 aliphatic carbocycles. The van der Waals surface area contributed by atoms with Crippen LogP contribution in [0, 0.1) is 0 Å². The number of rotatable bonds is 6. The number of nitrogens with zero attached hydrogens (tertiary/aromatic N) is 3. The standard InChI is InChI=1S/C21H19N3O2S2/c1-3-12-26-16-8-6-15(7-9-16)19-22-21-24(23-19)20(25)18(28-21)13-14-4-10-17(27-2)11-5-14/h4-11,13H,3,12H2,1-2H3/b18-13-. The first-order valence-corrected chi connectivity index (χ1v) is 11.0. The van der Waals surface area contributed by atoms with Gasteiger partial charge in [0.05, 0.1) is 11.1 Å². The maximum absolute atomic E-state index is 12.7. The number of aromatic nitrogens is 3. The molecule has 0 bridgehead atoms. The zero-order valence-corrected chi connectivity index (χ0v) is 17.2. The zero-order chi connectivity index (χ0) is 19.5. The lowest BCUT2D eigenvalue weighted by Gasteiger charge is -2.04. The Kier molecular flexibility index (Phi) is 5.45. The highest BCUT2D eigenvalue weighted by Gasteiger charge is 2.12. The fourth-order valence-corrected chi connectivity index (χ4v) is 4.04. The molecule has 0 N–H and O–H groups in total. The summed E-state index contributed by atoms with van der Waals surface area (Å²) in [5.41, 5.74) is 1.70. The number of hydrogen-bond acceptors (Lipinski definition) is 6. The minimum absolute atomic E-state index is 0.143. The van der Waals surface area contributed by atoms with Crippen molar-refractivity contribution in [3.8, 4) is 17.1 Å². The number of thioether (sulfide) groups is 1. The fraction of sp³-hybridized carbons (Fsp3) is 0.190. The predicted octanol–water partition coefficient (Wildman–Crippen LogP) is 3.88. The van der Waals surface area contributed by atoms with Crippen LogP contribution in [0.1, 0.15) is 18.9 Å². The van der Waals surface area contributed by atoms with Crippen molar-refractivity contribution in [2.75, 3.05) is 12.9 Å². The molecular formula is C21H19N3O2S2. The molecule has 0 radical (unpaired) electrons. The van der Waals surface area contributed by atoms with Crippen LogP contribution in [0.5, 0.6) is 5.75 Å². The first-order valence-electron chi connectivity index (χ1n) is 8.96. The van der Waals surface area contributed by atoms with Gasteiger partial charge in [0.15, 0.2) is 5.82 Å². The van der Waals surface area contributed by atoms with Crippen LogP contribution in [0.4, 0.5) is 0 Å². The Bertz CT molecular complexity index is 1200. The number of ether oxygens (including phenoxy) is 1. The van der Waals surface area contributed by atoms with E-state index in [0.29, 0.717) is 21.9 Å². The maximum atomic E-state index is 12.7. The van der Waals surface area contributed by atoms with Crippen LogP contribution in [0.2, 0.25) is 0 Å². The Morgan fingerprint density at radius 2 is 1.89 bits per heavy atom. The summed E-state index contributed by atoms with van der Waals surface area (Å²) in [5.74, 6) is 1.36. The van der Waals surface area contributed by atoms with Crippen molar-refractivity contribution in [2.24, 2.45) is 0 Å². The molecule has 7 heteroatoms. The Labute approximate surface area is 170 Å². The first kappa shape index (κ1) is 18.7. The first-order chi connectivity index (χ1) is 13.7. The molecule has 4 rings (SSSR count). The van der Waals surface area contributed by atoms with Crippen LogP contribution in [0.15, 0.2) is 58.2 Å². The Hall–Kier alpha value is -2.64. The van der Waals surface area contributed by atoms with Crippen molar-refractivity contribution in [3.05, 3.63) is 69.0 Å². The summed E-state index contributed by atoms with van der Waals surface area (Å²) in [6.07, 6.45) is 4.89. The van der Waals surface area contributed by atoms with Crippen molar-refractivity contribution in [3.63, 3.8) is 0 Å². The highest BCUT2D eigenvalue weighted by atomic mass is 32.2. The van der Waals surface area contributed by atoms with Crippen LogP contribution in [-0.2, 0) is 0 Å². The third-order valence-corrected chi connectivity index (χ3v) is 5.88. The molecule has 0 amide bonds. The van der Waals surface area contributed by atoms with Crippen LogP contribution in [0.25, 0.3) is 22.4 Å². The number of fused-ring (bicyclic) bond motifs is 1. The molecule has 0 unspecified atom stereocenters. The highest BCUT2D eigenvalue weighted by Crippen LogP contribution is 2.20. The quantitative estimate of drug-likeness (QED) is 0.453. The van der Waals surface area contributed by atoms with Gasteiger partial charge < -0.3 is 4.74 Å². The fourth-order valence-electron chi connectivity index (χ4n) is 2.73. The van der Waals surface area contributed by atoms with Crippen molar-refractivity contribution in [1.82, 2.24) is 14.6 Å². The largest absolute Gasteiger partial charge is 0.494 e. The second-order valence-corrected chi connectivity index (χ2v) is 8.08. The lowest BCUT2D eigenvalue weighted by molar-refractivity contribution is 0.317. The minimum Gasteiger partial charge on any atom is -0.494 e. The lowest BCUT2D eigenvalue weighted by atomic mass is 10.2. The second kappa shape index (κ2) is 8.16. The van der Waals surface area contributed by atoms with Crippen molar-refractivity contribution in [2.45, 2.75) is 18.2 Å². The second-order valence-electron chi connectivity index (χ2n) is 6.19. The molecule has 28 heavy (non-hydrogen) atoms. The molecule has 0 aliphatic heterocycles. The van der Waals surface area contributed by atoms with E-state index in [1.165, 1.54) is 20.7 Å². The van der Waals surface area contributed by atoms with Gasteiger partial charge in [-0.2, -0.15) is 9.50 Å². The summed E-state index contributed by atoms with van der Waals surface area (Å²) in [6, 6.07) is 15.7. The topological polar surface area (TPSA) is 56.5 Å². The normalized spacial score (nSPS) is 12.0. The van der Waals surface area contributed by atoms with E-state index in [-0.39, 0.29) is 5.56 Å². The van der Waals surface area contributed by atoms with E-state index < -0.39 is 0 Å². The summed E-state index contributed by atoms with van der Waals surface area (Å²) >= 11 is 3.04. The molecule has 0 saturated heterocycles. The molecule has 0 aliphatic rings. The molecule has 2 aromatic carbocycles. The minimum atomic E-state index is -0.143. The average molecular weight is 410 g/mol. The van der Waals surface area contributed by atoms with Crippen LogP contribution in [0.3, 0.4) is 0 Å². The summed E-state index contributed by atoms with van der Waals surface area (Å²) in [6.45, 7) is 2.76. The molecule has 4 aromatic rings. The van der Waals surface area contributed by atoms with Gasteiger partial charge in [0.2, 0.25) is 4.96 Å². The summed E-state index contributed by atoms with van der Waals surface area (Å²) in [7, 11) is 0. The molecule has 0 atom stereocenters. The lowest BCUT2D eigenvalue weighted by Crippen LogP contribution is -2.23. The van der Waals surface area contributed by atoms with Gasteiger partial charge in [-0.15, -0.1) is 16.9 Å². The third-order valence-electron chi connectivity index (χ3n) is 4.18. The van der Waals surface area contributed by atoms with Crippen molar-refractivity contribution in [1.29, 1.82) is 0 Å². The molecule has 2 aromatic heterocycles. The molecular weight excluding hydrogens is 390 g/mol. The van der Waals surface area contributed by atoms with E-state index in [2.05, 4.69) is 17.0 Å². The predicted molar refractivity (Wildman–Crippen MR) is 115 cm³/mol. The molecule has 2 heterocycles. The Morgan fingerprint density at radius 3 is 2.54 bits per heavy atom. The third kappa shape index (κ3) is 3.81. The van der Waals surface area contributed by atoms with E-state index in [0.717, 1.165) is 23.3 Å². The molecule has 5 nitrogen and oxygen atoms in total. The van der Waals surface area contributed by atoms with Crippen molar-refractivity contribution < 1.29 is 4.74 Å². The van der Waals surface area contributed by atoms with Crippen LogP contribution >= 0.6 is 23.1 Å². The van der Waals surface area contributed by atoms with Gasteiger partial charge in [-0.3, -0.25) is 4.79 Å². The zero-order valence-electron chi connectivity index (χ0n) is 15.6. The van der Waals surface area contributed by atoms with E-state index in [1.54, 1.807) is 11.8 Å². The molecule has 0 spiro atoms. The van der Waals surface area contributed by atoms with E-state index in [9.17, 15) is 4.79 Å². The molecule has 0 saturated carbocycles. The van der Waals surface area contributed by atoms with Crippen LogP contribution in [-0.4, -0.2) is 27.5 Å². The average Bonchev–Trinajstić information content (AvgIpc) is 3.27. The Balaban J connectivity index is 1.64. The molecule has 142 valence electrons. The van der Waals surface area contributed by atoms with Gasteiger partial charge in [-0.1, -0.05) is 30.4 Å². The number of hydrogen-bond donors (Lipinski definition) is 0. The van der Waals surface area contributed by atoms with Gasteiger partial charge in [0, 0.05) is 10.5 Å². The monoisotopic (exact) mass is 409 g/mol. The summed E-state index contributed by atoms with van der Waals surface area (Å²) in [4.78, 5) is 19.0. The van der Waals surface area contributed by atoms with E-state index >= 15 is 0 Å². The number of thiazole rings is 1. The number of benzene rings is 2. The van der Waals surface area contributed by atoms with Gasteiger partial charge in [0.25, 0.3) is 5.56 Å². The van der Waals surface area contributed by atoms with E-state index in [1.807, 2.05) is 60.9 Å². The Morgan fingerprint density at radius 1 is 1.14 bits per heavy atom. The maximum Gasteiger partial charge on any atom is 0.291 e. The molecule has 0 fully saturated rings. The van der Waals surface area contributed by atoms with Crippen molar-refractivity contribution >= 4 is 34.1 Å². The van der Waals surface area contributed by atoms with Crippen LogP contribution < -0.4 is 14.8 Å². The SMILES string of the molecule is CCCOc1ccc(-c2nc3s/c(=C\c4ccc(SC)cc4)c(=O)n3n2)cc1. The van der Waals surface area contributed by atoms with Gasteiger partial charge in [-0.25, -0.2) is 0 Å².